The van der Waals surface area contributed by atoms with Gasteiger partial charge in [0.25, 0.3) is 0 Å². The van der Waals surface area contributed by atoms with Gasteiger partial charge in [-0.05, 0) is 54.8 Å². The minimum absolute atomic E-state index is 0.170. The number of carbonyl (C=O) groups is 1. The number of hydrogen-bond acceptors (Lipinski definition) is 4. The summed E-state index contributed by atoms with van der Waals surface area (Å²) >= 11 is 3.37. The first-order valence-corrected chi connectivity index (χ1v) is 9.37. The van der Waals surface area contributed by atoms with Crippen LogP contribution in [0.2, 0.25) is 0 Å². The number of carbonyl (C=O) groups excluding carboxylic acids is 1. The Morgan fingerprint density at radius 1 is 1.12 bits per heavy atom. The van der Waals surface area contributed by atoms with Crippen molar-refractivity contribution in [3.8, 4) is 11.5 Å². The number of benzene rings is 2. The van der Waals surface area contributed by atoms with Crippen LogP contribution >= 0.6 is 15.9 Å². The molecule has 1 amide bonds. The van der Waals surface area contributed by atoms with Crippen molar-refractivity contribution in [2.75, 3.05) is 13.2 Å². The highest BCUT2D eigenvalue weighted by Gasteiger charge is 2.06. The molecule has 0 heterocycles. The fourth-order valence-electron chi connectivity index (χ4n) is 2.21. The Balaban J connectivity index is 1.94. The smallest absolute Gasteiger partial charge is 0.244 e. The summed E-state index contributed by atoms with van der Waals surface area (Å²) in [4.78, 5) is 11.9. The summed E-state index contributed by atoms with van der Waals surface area (Å²) in [6, 6.07) is 13.2. The summed E-state index contributed by atoms with van der Waals surface area (Å²) in [6.07, 6.45) is 2.80. The number of amides is 1. The van der Waals surface area contributed by atoms with E-state index in [0.717, 1.165) is 22.0 Å². The molecule has 0 fully saturated rings. The van der Waals surface area contributed by atoms with Crippen LogP contribution in [0, 0.1) is 0 Å². The van der Waals surface area contributed by atoms with Gasteiger partial charge in [-0.25, -0.2) is 5.43 Å². The number of ether oxygens (including phenoxy) is 2. The zero-order valence-corrected chi connectivity index (χ0v) is 16.6. The van der Waals surface area contributed by atoms with E-state index >= 15 is 0 Å². The van der Waals surface area contributed by atoms with E-state index in [0.29, 0.717) is 24.7 Å². The van der Waals surface area contributed by atoms with E-state index in [1.165, 1.54) is 0 Å². The van der Waals surface area contributed by atoms with Crippen LogP contribution in [0.15, 0.2) is 52.0 Å². The van der Waals surface area contributed by atoms with E-state index in [9.17, 15) is 4.79 Å². The zero-order chi connectivity index (χ0) is 18.8. The molecule has 26 heavy (non-hydrogen) atoms. The second kappa shape index (κ2) is 10.6. The van der Waals surface area contributed by atoms with Gasteiger partial charge < -0.3 is 9.47 Å². The first-order chi connectivity index (χ1) is 12.6. The highest BCUT2D eigenvalue weighted by molar-refractivity contribution is 9.10. The van der Waals surface area contributed by atoms with Crippen molar-refractivity contribution < 1.29 is 14.3 Å². The van der Waals surface area contributed by atoms with Gasteiger partial charge >= 0.3 is 0 Å². The van der Waals surface area contributed by atoms with Gasteiger partial charge in [0, 0.05) is 4.47 Å². The number of halogens is 1. The van der Waals surface area contributed by atoms with Gasteiger partial charge in [-0.3, -0.25) is 4.79 Å². The zero-order valence-electron chi connectivity index (χ0n) is 15.0. The Bertz CT molecular complexity index is 745. The lowest BCUT2D eigenvalue weighted by atomic mass is 10.1. The van der Waals surface area contributed by atoms with E-state index in [1.54, 1.807) is 6.21 Å². The minimum atomic E-state index is -0.170. The van der Waals surface area contributed by atoms with Crippen LogP contribution in [-0.4, -0.2) is 25.3 Å². The summed E-state index contributed by atoms with van der Waals surface area (Å²) in [6.45, 7) is 5.16. The van der Waals surface area contributed by atoms with Crippen molar-refractivity contribution in [2.24, 2.45) is 5.10 Å². The second-order valence-electron chi connectivity index (χ2n) is 5.58. The lowest BCUT2D eigenvalue weighted by molar-refractivity contribution is -0.120. The average Bonchev–Trinajstić information content (AvgIpc) is 2.63. The first kappa shape index (κ1) is 20.0. The Labute approximate surface area is 162 Å². The van der Waals surface area contributed by atoms with Crippen molar-refractivity contribution in [3.63, 3.8) is 0 Å². The molecule has 2 aromatic rings. The number of hydrazone groups is 1. The molecular weight excluding hydrogens is 396 g/mol. The first-order valence-electron chi connectivity index (χ1n) is 8.58. The number of rotatable bonds is 9. The van der Waals surface area contributed by atoms with E-state index in [-0.39, 0.29) is 12.3 Å². The summed E-state index contributed by atoms with van der Waals surface area (Å²) in [5, 5.41) is 4.02. The minimum Gasteiger partial charge on any atom is -0.490 e. The Kier molecular flexibility index (Phi) is 8.15. The molecule has 5 nitrogen and oxygen atoms in total. The number of nitrogens with zero attached hydrogens (tertiary/aromatic N) is 1. The second-order valence-corrected chi connectivity index (χ2v) is 6.50. The molecule has 6 heteroatoms. The van der Waals surface area contributed by atoms with E-state index < -0.39 is 0 Å². The quantitative estimate of drug-likeness (QED) is 0.486. The fraction of sp³-hybridized carbons (Fsp3) is 0.300. The highest BCUT2D eigenvalue weighted by Crippen LogP contribution is 2.28. The molecule has 0 unspecified atom stereocenters. The van der Waals surface area contributed by atoms with Crippen molar-refractivity contribution in [3.05, 3.63) is 58.1 Å². The molecule has 0 saturated carbocycles. The molecule has 0 aliphatic heterocycles. The highest BCUT2D eigenvalue weighted by atomic mass is 79.9. The standard InChI is InChI=1S/C20H23BrN2O3/c1-3-11-26-18-10-7-16(12-19(18)25-4-2)14-22-23-20(24)13-15-5-8-17(21)9-6-15/h5-10,12,14H,3-4,11,13H2,1-2H3,(H,23,24)/b22-14-. The molecule has 0 spiro atoms. The normalized spacial score (nSPS) is 10.7. The third-order valence-corrected chi connectivity index (χ3v) is 3.94. The molecule has 138 valence electrons. The third-order valence-electron chi connectivity index (χ3n) is 3.41. The van der Waals surface area contributed by atoms with Gasteiger partial charge in [-0.15, -0.1) is 0 Å². The molecule has 1 N–H and O–H groups in total. The monoisotopic (exact) mass is 418 g/mol. The van der Waals surface area contributed by atoms with Crippen molar-refractivity contribution >= 4 is 28.1 Å². The molecule has 0 aliphatic carbocycles. The summed E-state index contributed by atoms with van der Waals surface area (Å²) in [5.41, 5.74) is 4.29. The van der Waals surface area contributed by atoms with Crippen LogP contribution in [0.3, 0.4) is 0 Å². The molecule has 0 radical (unpaired) electrons. The molecule has 0 saturated heterocycles. The predicted octanol–water partition coefficient (Wildman–Crippen LogP) is 4.33. The van der Waals surface area contributed by atoms with Gasteiger partial charge in [0.2, 0.25) is 5.91 Å². The van der Waals surface area contributed by atoms with Gasteiger partial charge in [0.05, 0.1) is 25.8 Å². The van der Waals surface area contributed by atoms with Crippen LogP contribution in [0.1, 0.15) is 31.4 Å². The van der Waals surface area contributed by atoms with Crippen molar-refractivity contribution in [2.45, 2.75) is 26.7 Å². The van der Waals surface area contributed by atoms with Gasteiger partial charge in [-0.2, -0.15) is 5.10 Å². The van der Waals surface area contributed by atoms with Crippen molar-refractivity contribution in [1.82, 2.24) is 5.43 Å². The molecular formula is C20H23BrN2O3. The van der Waals surface area contributed by atoms with Gasteiger partial charge in [-0.1, -0.05) is 35.0 Å². The summed E-state index contributed by atoms with van der Waals surface area (Å²) in [7, 11) is 0. The molecule has 2 rings (SSSR count). The molecule has 0 bridgehead atoms. The maximum atomic E-state index is 11.9. The van der Waals surface area contributed by atoms with Crippen LogP contribution in [0.5, 0.6) is 11.5 Å². The van der Waals surface area contributed by atoms with Gasteiger partial charge in [0.15, 0.2) is 11.5 Å². The van der Waals surface area contributed by atoms with E-state index in [2.05, 4.69) is 33.4 Å². The Morgan fingerprint density at radius 2 is 1.88 bits per heavy atom. The van der Waals surface area contributed by atoms with Crippen LogP contribution in [0.25, 0.3) is 0 Å². The SMILES string of the molecule is CCCOc1ccc(/C=N\NC(=O)Cc2ccc(Br)cc2)cc1OCC. The maximum absolute atomic E-state index is 11.9. The Hall–Kier alpha value is -2.34. The largest absolute Gasteiger partial charge is 0.490 e. The number of nitrogens with one attached hydrogen (secondary N) is 1. The molecule has 0 aliphatic rings. The average molecular weight is 419 g/mol. The summed E-state index contributed by atoms with van der Waals surface area (Å²) < 4.78 is 12.3. The Morgan fingerprint density at radius 3 is 2.58 bits per heavy atom. The third kappa shape index (κ3) is 6.52. The topological polar surface area (TPSA) is 59.9 Å². The number of hydrogen-bond donors (Lipinski definition) is 1. The van der Waals surface area contributed by atoms with Crippen molar-refractivity contribution in [1.29, 1.82) is 0 Å². The maximum Gasteiger partial charge on any atom is 0.244 e. The van der Waals surface area contributed by atoms with E-state index in [1.807, 2.05) is 49.4 Å². The fourth-order valence-corrected chi connectivity index (χ4v) is 2.47. The van der Waals surface area contributed by atoms with Crippen LogP contribution < -0.4 is 14.9 Å². The molecule has 2 aromatic carbocycles. The lowest BCUT2D eigenvalue weighted by Gasteiger charge is -2.11. The lowest BCUT2D eigenvalue weighted by Crippen LogP contribution is -2.19. The van der Waals surface area contributed by atoms with Gasteiger partial charge in [0.1, 0.15) is 0 Å². The predicted molar refractivity (Wildman–Crippen MR) is 107 cm³/mol. The van der Waals surface area contributed by atoms with E-state index in [4.69, 9.17) is 9.47 Å². The van der Waals surface area contributed by atoms with Crippen LogP contribution in [0.4, 0.5) is 0 Å². The molecule has 0 aromatic heterocycles. The van der Waals surface area contributed by atoms with Crippen LogP contribution in [-0.2, 0) is 11.2 Å². The molecule has 0 atom stereocenters. The summed E-state index contributed by atoms with van der Waals surface area (Å²) in [5.74, 6) is 1.22.